The van der Waals surface area contributed by atoms with Crippen molar-refractivity contribution in [2.75, 3.05) is 32.1 Å². The molecule has 28 heavy (non-hydrogen) atoms. The number of rotatable bonds is 7. The van der Waals surface area contributed by atoms with Gasteiger partial charge in [0.05, 0.1) is 13.0 Å². The van der Waals surface area contributed by atoms with E-state index >= 15 is 0 Å². The highest BCUT2D eigenvalue weighted by molar-refractivity contribution is 6.02. The normalized spacial score (nSPS) is 20.0. The average Bonchev–Trinajstić information content (AvgIpc) is 3.05. The fourth-order valence-electron chi connectivity index (χ4n) is 4.59. The highest BCUT2D eigenvalue weighted by Crippen LogP contribution is 2.35. The molecule has 1 saturated heterocycles. The van der Waals surface area contributed by atoms with Gasteiger partial charge in [-0.2, -0.15) is 0 Å². The molecule has 4 nitrogen and oxygen atoms in total. The number of ether oxygens (including phenoxy) is 1. The molecular weight excluding hydrogens is 348 g/mol. The summed E-state index contributed by atoms with van der Waals surface area (Å²) in [7, 11) is 1.71. The SMILES string of the molecule is COc1ccc(CC2CCN(CCCC3C(=O)Nc4ccccc43)CC2)cc1. The van der Waals surface area contributed by atoms with Crippen molar-refractivity contribution in [2.45, 2.75) is 38.0 Å². The van der Waals surface area contributed by atoms with Gasteiger partial charge in [0.25, 0.3) is 0 Å². The second-order valence-corrected chi connectivity index (χ2v) is 8.11. The van der Waals surface area contributed by atoms with E-state index in [-0.39, 0.29) is 11.8 Å². The van der Waals surface area contributed by atoms with Gasteiger partial charge in [0.2, 0.25) is 5.91 Å². The lowest BCUT2D eigenvalue weighted by atomic mass is 9.90. The van der Waals surface area contributed by atoms with Crippen molar-refractivity contribution in [1.82, 2.24) is 4.90 Å². The van der Waals surface area contributed by atoms with Crippen LogP contribution >= 0.6 is 0 Å². The van der Waals surface area contributed by atoms with Crippen LogP contribution in [0.1, 0.15) is 42.7 Å². The van der Waals surface area contributed by atoms with E-state index in [1.807, 2.05) is 18.2 Å². The Bertz CT molecular complexity index is 795. The van der Waals surface area contributed by atoms with E-state index in [4.69, 9.17) is 4.74 Å². The van der Waals surface area contributed by atoms with E-state index in [0.29, 0.717) is 0 Å². The van der Waals surface area contributed by atoms with Crippen LogP contribution in [0.25, 0.3) is 0 Å². The lowest BCUT2D eigenvalue weighted by molar-refractivity contribution is -0.117. The van der Waals surface area contributed by atoms with Gasteiger partial charge in [0, 0.05) is 5.69 Å². The standard InChI is InChI=1S/C24H30N2O2/c1-28-20-10-8-18(9-11-20)17-19-12-15-26(16-13-19)14-4-6-22-21-5-2-3-7-23(21)25-24(22)27/h2-3,5,7-11,19,22H,4,6,12-17H2,1H3,(H,25,27). The number of hydrogen-bond donors (Lipinski definition) is 1. The fourth-order valence-corrected chi connectivity index (χ4v) is 4.59. The minimum atomic E-state index is 0.0313. The number of para-hydroxylation sites is 1. The summed E-state index contributed by atoms with van der Waals surface area (Å²) in [6.45, 7) is 3.45. The molecule has 2 heterocycles. The average molecular weight is 379 g/mol. The number of benzene rings is 2. The van der Waals surface area contributed by atoms with Gasteiger partial charge in [-0.05, 0) is 87.0 Å². The number of methoxy groups -OCH3 is 1. The summed E-state index contributed by atoms with van der Waals surface area (Å²) in [5.41, 5.74) is 3.58. The van der Waals surface area contributed by atoms with Gasteiger partial charge in [-0.1, -0.05) is 30.3 Å². The third-order valence-electron chi connectivity index (χ3n) is 6.27. The second-order valence-electron chi connectivity index (χ2n) is 8.11. The smallest absolute Gasteiger partial charge is 0.232 e. The predicted molar refractivity (Wildman–Crippen MR) is 113 cm³/mol. The molecule has 1 fully saturated rings. The summed E-state index contributed by atoms with van der Waals surface area (Å²) < 4.78 is 5.24. The number of fused-ring (bicyclic) bond motifs is 1. The first-order valence-corrected chi connectivity index (χ1v) is 10.5. The maximum absolute atomic E-state index is 12.2. The largest absolute Gasteiger partial charge is 0.497 e. The zero-order chi connectivity index (χ0) is 19.3. The Morgan fingerprint density at radius 2 is 1.82 bits per heavy atom. The molecule has 1 amide bonds. The lowest BCUT2D eigenvalue weighted by Crippen LogP contribution is -2.35. The fraction of sp³-hybridized carbons (Fsp3) is 0.458. The quantitative estimate of drug-likeness (QED) is 0.773. The number of carbonyl (C=O) groups is 1. The lowest BCUT2D eigenvalue weighted by Gasteiger charge is -2.32. The molecule has 2 aliphatic rings. The minimum absolute atomic E-state index is 0.0313. The summed E-state index contributed by atoms with van der Waals surface area (Å²) in [5.74, 6) is 1.90. The Hall–Kier alpha value is -2.33. The second kappa shape index (κ2) is 8.78. The summed E-state index contributed by atoms with van der Waals surface area (Å²) in [4.78, 5) is 14.8. The summed E-state index contributed by atoms with van der Waals surface area (Å²) in [6, 6.07) is 16.6. The van der Waals surface area contributed by atoms with Gasteiger partial charge >= 0.3 is 0 Å². The molecule has 2 aromatic carbocycles. The zero-order valence-corrected chi connectivity index (χ0v) is 16.7. The molecule has 148 valence electrons. The van der Waals surface area contributed by atoms with Crippen LogP contribution in [-0.4, -0.2) is 37.6 Å². The molecule has 0 aromatic heterocycles. The van der Waals surface area contributed by atoms with E-state index in [9.17, 15) is 4.79 Å². The third-order valence-corrected chi connectivity index (χ3v) is 6.27. The van der Waals surface area contributed by atoms with Crippen LogP contribution in [0, 0.1) is 5.92 Å². The Morgan fingerprint density at radius 1 is 1.07 bits per heavy atom. The van der Waals surface area contributed by atoms with Gasteiger partial charge in [-0.25, -0.2) is 0 Å². The first-order chi connectivity index (χ1) is 13.7. The minimum Gasteiger partial charge on any atom is -0.497 e. The van der Waals surface area contributed by atoms with Crippen molar-refractivity contribution >= 4 is 11.6 Å². The molecular formula is C24H30N2O2. The van der Waals surface area contributed by atoms with E-state index in [1.54, 1.807) is 7.11 Å². The van der Waals surface area contributed by atoms with Gasteiger partial charge < -0.3 is 15.0 Å². The maximum Gasteiger partial charge on any atom is 0.232 e. The molecule has 0 radical (unpaired) electrons. The van der Waals surface area contributed by atoms with E-state index < -0.39 is 0 Å². The highest BCUT2D eigenvalue weighted by Gasteiger charge is 2.29. The molecule has 4 heteroatoms. The van der Waals surface area contributed by atoms with Crippen LogP contribution in [0.2, 0.25) is 0 Å². The third kappa shape index (κ3) is 4.39. The van der Waals surface area contributed by atoms with Crippen LogP contribution in [-0.2, 0) is 11.2 Å². The first kappa shape index (κ1) is 19.0. The van der Waals surface area contributed by atoms with E-state index in [0.717, 1.165) is 43.2 Å². The Labute approximate surface area is 167 Å². The highest BCUT2D eigenvalue weighted by atomic mass is 16.5. The van der Waals surface area contributed by atoms with Crippen LogP contribution in [0.15, 0.2) is 48.5 Å². The molecule has 2 aromatic rings. The first-order valence-electron chi connectivity index (χ1n) is 10.5. The molecule has 0 saturated carbocycles. The molecule has 4 rings (SSSR count). The molecule has 0 bridgehead atoms. The van der Waals surface area contributed by atoms with Crippen molar-refractivity contribution in [1.29, 1.82) is 0 Å². The van der Waals surface area contributed by atoms with Crippen LogP contribution < -0.4 is 10.1 Å². The number of anilines is 1. The van der Waals surface area contributed by atoms with Crippen molar-refractivity contribution < 1.29 is 9.53 Å². The van der Waals surface area contributed by atoms with Crippen LogP contribution in [0.3, 0.4) is 0 Å². The molecule has 0 aliphatic carbocycles. The van der Waals surface area contributed by atoms with Crippen molar-refractivity contribution in [3.05, 3.63) is 59.7 Å². The summed E-state index contributed by atoms with van der Waals surface area (Å²) >= 11 is 0. The zero-order valence-electron chi connectivity index (χ0n) is 16.7. The van der Waals surface area contributed by atoms with Gasteiger partial charge in [0.1, 0.15) is 5.75 Å². The molecule has 2 aliphatic heterocycles. The number of hydrogen-bond acceptors (Lipinski definition) is 3. The maximum atomic E-state index is 12.2. The van der Waals surface area contributed by atoms with Gasteiger partial charge in [-0.15, -0.1) is 0 Å². The van der Waals surface area contributed by atoms with E-state index in [2.05, 4.69) is 40.5 Å². The number of carbonyl (C=O) groups excluding carboxylic acids is 1. The molecule has 1 atom stereocenters. The molecule has 1 N–H and O–H groups in total. The van der Waals surface area contributed by atoms with Crippen molar-refractivity contribution in [3.8, 4) is 5.75 Å². The Morgan fingerprint density at radius 3 is 2.57 bits per heavy atom. The van der Waals surface area contributed by atoms with E-state index in [1.165, 1.54) is 37.1 Å². The number of likely N-dealkylation sites (tertiary alicyclic amines) is 1. The predicted octanol–water partition coefficient (Wildman–Crippen LogP) is 4.47. The number of nitrogens with one attached hydrogen (secondary N) is 1. The van der Waals surface area contributed by atoms with Crippen molar-refractivity contribution in [3.63, 3.8) is 0 Å². The van der Waals surface area contributed by atoms with Gasteiger partial charge in [-0.3, -0.25) is 4.79 Å². The van der Waals surface area contributed by atoms with Crippen molar-refractivity contribution in [2.24, 2.45) is 5.92 Å². The Kier molecular flexibility index (Phi) is 5.96. The van der Waals surface area contributed by atoms with Crippen LogP contribution in [0.5, 0.6) is 5.75 Å². The Balaban J connectivity index is 1.19. The molecule has 0 spiro atoms. The van der Waals surface area contributed by atoms with Crippen LogP contribution in [0.4, 0.5) is 5.69 Å². The summed E-state index contributed by atoms with van der Waals surface area (Å²) in [5, 5.41) is 3.01. The summed E-state index contributed by atoms with van der Waals surface area (Å²) in [6.07, 6.45) is 5.71. The monoisotopic (exact) mass is 378 g/mol. The molecule has 1 unspecified atom stereocenters. The number of nitrogens with zero attached hydrogens (tertiary/aromatic N) is 1. The number of amides is 1. The number of piperidine rings is 1. The van der Waals surface area contributed by atoms with Gasteiger partial charge in [0.15, 0.2) is 0 Å². The topological polar surface area (TPSA) is 41.6 Å².